The van der Waals surface area contributed by atoms with Crippen molar-refractivity contribution in [3.05, 3.63) is 18.2 Å². The van der Waals surface area contributed by atoms with Crippen LogP contribution in [-0.2, 0) is 0 Å². The van der Waals surface area contributed by atoms with E-state index < -0.39 is 0 Å². The normalized spacial score (nSPS) is 16.6. The molecular weight excluding hydrogens is 405 g/mol. The summed E-state index contributed by atoms with van der Waals surface area (Å²) in [6.45, 7) is 3.03. The van der Waals surface area contributed by atoms with Gasteiger partial charge in [-0.3, -0.25) is 4.99 Å². The molecule has 1 saturated carbocycles. The van der Waals surface area contributed by atoms with E-state index >= 15 is 0 Å². The molecule has 1 aliphatic carbocycles. The Morgan fingerprint density at radius 3 is 2.52 bits per heavy atom. The zero-order valence-electron chi connectivity index (χ0n) is 14.2. The summed E-state index contributed by atoms with van der Waals surface area (Å²) in [6.07, 6.45) is 6.28. The molecule has 1 aliphatic rings. The number of aliphatic imine (C=N–C) groups is 1. The summed E-state index contributed by atoms with van der Waals surface area (Å²) in [5, 5.41) is 3.12. The Balaban J connectivity index is 0.00000264. The predicted octanol–water partition coefficient (Wildman–Crippen LogP) is 4.02. The lowest BCUT2D eigenvalue weighted by atomic mass is 9.84. The van der Waals surface area contributed by atoms with Gasteiger partial charge in [0.25, 0.3) is 0 Å². The van der Waals surface area contributed by atoms with Crippen molar-refractivity contribution in [2.45, 2.75) is 39.0 Å². The van der Waals surface area contributed by atoms with Crippen LogP contribution in [0.4, 0.5) is 5.69 Å². The molecule has 1 fully saturated rings. The largest absolute Gasteiger partial charge is 0.497 e. The average molecular weight is 433 g/mol. The van der Waals surface area contributed by atoms with Gasteiger partial charge in [0.15, 0.2) is 5.96 Å². The van der Waals surface area contributed by atoms with Gasteiger partial charge >= 0.3 is 0 Å². The molecule has 2 rings (SSSR count). The minimum atomic E-state index is 0. The number of halogens is 1. The van der Waals surface area contributed by atoms with E-state index in [0.29, 0.717) is 17.1 Å². The lowest BCUT2D eigenvalue weighted by molar-refractivity contribution is 0.297. The zero-order chi connectivity index (χ0) is 16.0. The third kappa shape index (κ3) is 5.16. The molecule has 130 valence electrons. The summed E-state index contributed by atoms with van der Waals surface area (Å²) in [7, 11) is 3.26. The fourth-order valence-electron chi connectivity index (χ4n) is 3.09. The molecule has 3 N–H and O–H groups in total. The van der Waals surface area contributed by atoms with Gasteiger partial charge in [-0.25, -0.2) is 0 Å². The van der Waals surface area contributed by atoms with Crippen LogP contribution < -0.4 is 20.5 Å². The van der Waals surface area contributed by atoms with Gasteiger partial charge in [-0.15, -0.1) is 24.0 Å². The summed E-state index contributed by atoms with van der Waals surface area (Å²) in [6, 6.07) is 5.55. The Hall–Kier alpha value is -1.18. The predicted molar refractivity (Wildman–Crippen MR) is 106 cm³/mol. The van der Waals surface area contributed by atoms with E-state index in [1.54, 1.807) is 14.2 Å². The van der Waals surface area contributed by atoms with Gasteiger partial charge in [-0.05, 0) is 36.8 Å². The summed E-state index contributed by atoms with van der Waals surface area (Å²) >= 11 is 0. The molecule has 1 aromatic carbocycles. The van der Waals surface area contributed by atoms with Crippen molar-refractivity contribution in [3.8, 4) is 11.5 Å². The monoisotopic (exact) mass is 433 g/mol. The standard InChI is InChI=1S/C17H27N3O2.HI/c1-4-17(9-5-6-10-17)12-19-16(18)20-14-11-13(21-2)7-8-15(14)22-3;/h7-8,11H,4-6,9-10,12H2,1-3H3,(H3,18,19,20);1H. The fourth-order valence-corrected chi connectivity index (χ4v) is 3.09. The van der Waals surface area contributed by atoms with E-state index in [9.17, 15) is 0 Å². The SMILES string of the molecule is CCC1(CN=C(N)Nc2cc(OC)ccc2OC)CCCC1.I. The first kappa shape index (κ1) is 19.9. The number of nitrogens with zero attached hydrogens (tertiary/aromatic N) is 1. The summed E-state index contributed by atoms with van der Waals surface area (Å²) < 4.78 is 10.6. The summed E-state index contributed by atoms with van der Waals surface area (Å²) in [5.74, 6) is 1.88. The molecule has 0 aliphatic heterocycles. The second-order valence-corrected chi connectivity index (χ2v) is 5.95. The number of rotatable bonds is 6. The molecule has 0 radical (unpaired) electrons. The molecule has 23 heavy (non-hydrogen) atoms. The molecule has 0 atom stereocenters. The smallest absolute Gasteiger partial charge is 0.193 e. The molecule has 0 heterocycles. The van der Waals surface area contributed by atoms with E-state index in [1.807, 2.05) is 18.2 Å². The highest BCUT2D eigenvalue weighted by molar-refractivity contribution is 14.0. The lowest BCUT2D eigenvalue weighted by Crippen LogP contribution is -2.27. The molecule has 0 saturated heterocycles. The summed E-state index contributed by atoms with van der Waals surface area (Å²) in [5.41, 5.74) is 7.16. The van der Waals surface area contributed by atoms with Gasteiger partial charge in [-0.2, -0.15) is 0 Å². The molecule has 0 bridgehead atoms. The number of anilines is 1. The number of hydrogen-bond acceptors (Lipinski definition) is 3. The minimum Gasteiger partial charge on any atom is -0.497 e. The number of hydrogen-bond donors (Lipinski definition) is 2. The van der Waals surface area contributed by atoms with Crippen LogP contribution in [0.1, 0.15) is 39.0 Å². The number of guanidine groups is 1. The first-order valence-corrected chi connectivity index (χ1v) is 7.91. The third-order valence-corrected chi connectivity index (χ3v) is 4.67. The minimum absolute atomic E-state index is 0. The van der Waals surface area contributed by atoms with Crippen molar-refractivity contribution in [1.82, 2.24) is 0 Å². The number of benzene rings is 1. The van der Waals surface area contributed by atoms with Gasteiger partial charge in [-0.1, -0.05) is 19.8 Å². The van der Waals surface area contributed by atoms with E-state index in [1.165, 1.54) is 25.7 Å². The molecule has 5 nitrogen and oxygen atoms in total. The third-order valence-electron chi connectivity index (χ3n) is 4.67. The highest BCUT2D eigenvalue weighted by Crippen LogP contribution is 2.41. The molecule has 0 amide bonds. The van der Waals surface area contributed by atoms with E-state index in [0.717, 1.165) is 24.4 Å². The van der Waals surface area contributed by atoms with Crippen LogP contribution in [0.3, 0.4) is 0 Å². The fraction of sp³-hybridized carbons (Fsp3) is 0.588. The van der Waals surface area contributed by atoms with Gasteiger partial charge in [0.2, 0.25) is 0 Å². The second kappa shape index (κ2) is 9.20. The van der Waals surface area contributed by atoms with Crippen LogP contribution >= 0.6 is 24.0 Å². The highest BCUT2D eigenvalue weighted by atomic mass is 127. The van der Waals surface area contributed by atoms with Crippen molar-refractivity contribution >= 4 is 35.6 Å². The average Bonchev–Trinajstić information content (AvgIpc) is 3.02. The number of methoxy groups -OCH3 is 2. The Labute approximate surface area is 156 Å². The molecule has 6 heteroatoms. The molecule has 0 spiro atoms. The van der Waals surface area contributed by atoms with Gasteiger partial charge in [0.1, 0.15) is 11.5 Å². The quantitative estimate of drug-likeness (QED) is 0.404. The lowest BCUT2D eigenvalue weighted by Gasteiger charge is -2.25. The van der Waals surface area contributed by atoms with Crippen molar-refractivity contribution in [2.75, 3.05) is 26.1 Å². The maximum atomic E-state index is 6.06. The van der Waals surface area contributed by atoms with Crippen molar-refractivity contribution in [1.29, 1.82) is 0 Å². The van der Waals surface area contributed by atoms with Crippen LogP contribution in [0.25, 0.3) is 0 Å². The van der Waals surface area contributed by atoms with Crippen LogP contribution in [0.15, 0.2) is 23.2 Å². The first-order valence-electron chi connectivity index (χ1n) is 7.91. The van der Waals surface area contributed by atoms with Crippen LogP contribution in [-0.4, -0.2) is 26.7 Å². The van der Waals surface area contributed by atoms with Crippen molar-refractivity contribution in [3.63, 3.8) is 0 Å². The van der Waals surface area contributed by atoms with Crippen molar-refractivity contribution < 1.29 is 9.47 Å². The van der Waals surface area contributed by atoms with E-state index in [2.05, 4.69) is 17.2 Å². The van der Waals surface area contributed by atoms with Gasteiger partial charge in [0.05, 0.1) is 19.9 Å². The van der Waals surface area contributed by atoms with Gasteiger partial charge < -0.3 is 20.5 Å². The molecule has 1 aromatic rings. The van der Waals surface area contributed by atoms with E-state index in [4.69, 9.17) is 15.2 Å². The van der Waals surface area contributed by atoms with Crippen LogP contribution in [0.2, 0.25) is 0 Å². The highest BCUT2D eigenvalue weighted by Gasteiger charge is 2.31. The second-order valence-electron chi connectivity index (χ2n) is 5.95. The maximum absolute atomic E-state index is 6.06. The molecule has 0 aromatic heterocycles. The Morgan fingerprint density at radius 1 is 1.26 bits per heavy atom. The molecule has 0 unspecified atom stereocenters. The number of nitrogens with one attached hydrogen (secondary N) is 1. The number of nitrogens with two attached hydrogens (primary N) is 1. The topological polar surface area (TPSA) is 68.9 Å². The maximum Gasteiger partial charge on any atom is 0.193 e. The summed E-state index contributed by atoms with van der Waals surface area (Å²) in [4.78, 5) is 4.56. The van der Waals surface area contributed by atoms with Gasteiger partial charge in [0, 0.05) is 12.6 Å². The van der Waals surface area contributed by atoms with Crippen molar-refractivity contribution in [2.24, 2.45) is 16.1 Å². The number of ether oxygens (including phenoxy) is 2. The molecular formula is C17H28IN3O2. The first-order chi connectivity index (χ1) is 10.6. The Morgan fingerprint density at radius 2 is 1.96 bits per heavy atom. The van der Waals surface area contributed by atoms with E-state index in [-0.39, 0.29) is 24.0 Å². The van der Waals surface area contributed by atoms with Crippen LogP contribution in [0.5, 0.6) is 11.5 Å². The Kier molecular flexibility index (Phi) is 7.94. The Bertz CT molecular complexity index is 529. The zero-order valence-corrected chi connectivity index (χ0v) is 16.6. The van der Waals surface area contributed by atoms with Crippen LogP contribution in [0, 0.1) is 5.41 Å².